The van der Waals surface area contributed by atoms with E-state index in [0.717, 1.165) is 18.2 Å². The third kappa shape index (κ3) is 6.65. The zero-order valence-electron chi connectivity index (χ0n) is 10.4. The van der Waals surface area contributed by atoms with Crippen LogP contribution in [0, 0.1) is 0 Å². The van der Waals surface area contributed by atoms with E-state index in [4.69, 9.17) is 25.2 Å². The topological polar surface area (TPSA) is 115 Å². The van der Waals surface area contributed by atoms with Crippen LogP contribution in [0.25, 0.3) is 0 Å². The number of aromatic hydroxyl groups is 3. The molecule has 6 nitrogen and oxygen atoms in total. The van der Waals surface area contributed by atoms with Gasteiger partial charge in [0.25, 0.3) is 0 Å². The summed E-state index contributed by atoms with van der Waals surface area (Å²) in [4.78, 5) is 18.3. The van der Waals surface area contributed by atoms with E-state index < -0.39 is 5.97 Å². The zero-order chi connectivity index (χ0) is 15.5. The first-order valence-corrected chi connectivity index (χ1v) is 5.28. The SMILES string of the molecule is C=O.O=C(O)c1cc(O)cc(O)c1.Oc1ccccc1. The van der Waals surface area contributed by atoms with Gasteiger partial charge in [-0.05, 0) is 24.3 Å². The van der Waals surface area contributed by atoms with E-state index in [2.05, 4.69) is 0 Å². The van der Waals surface area contributed by atoms with Crippen LogP contribution >= 0.6 is 0 Å². The Hall–Kier alpha value is -3.02. The Morgan fingerprint density at radius 3 is 1.55 bits per heavy atom. The maximum atomic E-state index is 10.3. The molecule has 4 N–H and O–H groups in total. The van der Waals surface area contributed by atoms with E-state index in [9.17, 15) is 4.79 Å². The van der Waals surface area contributed by atoms with Crippen molar-refractivity contribution in [3.05, 3.63) is 54.1 Å². The molecule has 0 aliphatic carbocycles. The molecule has 0 fully saturated rings. The van der Waals surface area contributed by atoms with Crippen molar-refractivity contribution in [2.45, 2.75) is 0 Å². The molecular weight excluding hydrogens is 264 g/mol. The van der Waals surface area contributed by atoms with Crippen molar-refractivity contribution in [1.82, 2.24) is 0 Å². The molecule has 0 atom stereocenters. The number of hydrogen-bond acceptors (Lipinski definition) is 5. The number of carbonyl (C=O) groups is 2. The standard InChI is InChI=1S/C7H6O4.C6H6O.CH2O/c8-5-1-4(7(10)11)2-6(9)3-5;7-6-4-2-1-3-5-6;1-2/h1-3,8-9H,(H,10,11);1-5,7H;1H2. The monoisotopic (exact) mass is 278 g/mol. The molecule has 0 spiro atoms. The number of phenols is 3. The average Bonchev–Trinajstić information content (AvgIpc) is 2.41. The first kappa shape index (κ1) is 17.0. The second kappa shape index (κ2) is 8.98. The number of carbonyl (C=O) groups excluding carboxylic acids is 1. The second-order valence-corrected chi connectivity index (χ2v) is 3.38. The zero-order valence-corrected chi connectivity index (χ0v) is 10.4. The summed E-state index contributed by atoms with van der Waals surface area (Å²) in [5.74, 6) is -1.39. The van der Waals surface area contributed by atoms with E-state index in [1.165, 1.54) is 0 Å². The molecule has 2 aromatic rings. The van der Waals surface area contributed by atoms with Crippen molar-refractivity contribution in [1.29, 1.82) is 0 Å². The van der Waals surface area contributed by atoms with Crippen LogP contribution in [0.2, 0.25) is 0 Å². The molecule has 0 amide bonds. The van der Waals surface area contributed by atoms with Gasteiger partial charge in [-0.3, -0.25) is 0 Å². The van der Waals surface area contributed by atoms with E-state index >= 15 is 0 Å². The maximum Gasteiger partial charge on any atom is 0.335 e. The molecule has 2 aromatic carbocycles. The normalized spacial score (nSPS) is 8.40. The summed E-state index contributed by atoms with van der Waals surface area (Å²) in [5, 5.41) is 34.7. The molecule has 0 radical (unpaired) electrons. The number of carboxylic acids is 1. The minimum absolute atomic E-state index is 0.137. The van der Waals surface area contributed by atoms with E-state index in [0.29, 0.717) is 5.75 Å². The van der Waals surface area contributed by atoms with Gasteiger partial charge in [0, 0.05) is 6.07 Å². The lowest BCUT2D eigenvalue weighted by molar-refractivity contribution is -0.0980. The average molecular weight is 278 g/mol. The Balaban J connectivity index is 0.000000345. The quantitative estimate of drug-likeness (QED) is 0.634. The third-order valence-electron chi connectivity index (χ3n) is 1.91. The highest BCUT2D eigenvalue weighted by molar-refractivity contribution is 5.88. The summed E-state index contributed by atoms with van der Waals surface area (Å²) in [6, 6.07) is 11.9. The lowest BCUT2D eigenvalue weighted by Crippen LogP contribution is -1.94. The van der Waals surface area contributed by atoms with Crippen molar-refractivity contribution >= 4 is 12.8 Å². The van der Waals surface area contributed by atoms with Crippen LogP contribution in [0.3, 0.4) is 0 Å². The molecular formula is C14H14O6. The summed E-state index contributed by atoms with van der Waals surface area (Å²) < 4.78 is 0. The van der Waals surface area contributed by atoms with Crippen LogP contribution in [-0.4, -0.2) is 33.2 Å². The number of para-hydroxylation sites is 1. The van der Waals surface area contributed by atoms with Gasteiger partial charge in [0.1, 0.15) is 24.0 Å². The molecule has 0 bridgehead atoms. The van der Waals surface area contributed by atoms with Gasteiger partial charge in [0.05, 0.1) is 5.56 Å². The maximum absolute atomic E-state index is 10.3. The molecule has 20 heavy (non-hydrogen) atoms. The van der Waals surface area contributed by atoms with Gasteiger partial charge in [-0.1, -0.05) is 18.2 Å². The number of benzene rings is 2. The van der Waals surface area contributed by atoms with E-state index in [1.807, 2.05) is 12.9 Å². The van der Waals surface area contributed by atoms with Crippen LogP contribution in [0.4, 0.5) is 0 Å². The largest absolute Gasteiger partial charge is 0.508 e. The summed E-state index contributed by atoms with van der Waals surface area (Å²) in [6.45, 7) is 2.00. The number of aromatic carboxylic acids is 1. The Morgan fingerprint density at radius 1 is 0.800 bits per heavy atom. The predicted octanol–water partition coefficient (Wildman–Crippen LogP) is 2.00. The Kier molecular flexibility index (Phi) is 7.63. The minimum Gasteiger partial charge on any atom is -0.508 e. The Labute approximate surface area is 115 Å². The smallest absolute Gasteiger partial charge is 0.335 e. The molecule has 0 saturated heterocycles. The number of phenolic OH excluding ortho intramolecular Hbond substituents is 3. The molecule has 106 valence electrons. The molecule has 0 aromatic heterocycles. The lowest BCUT2D eigenvalue weighted by Gasteiger charge is -1.96. The van der Waals surface area contributed by atoms with Gasteiger partial charge >= 0.3 is 5.97 Å². The molecule has 0 aliphatic heterocycles. The van der Waals surface area contributed by atoms with Crippen LogP contribution in [-0.2, 0) is 4.79 Å². The summed E-state index contributed by atoms with van der Waals surface area (Å²) in [6.07, 6.45) is 0. The highest BCUT2D eigenvalue weighted by Crippen LogP contribution is 2.19. The molecule has 0 saturated carbocycles. The molecule has 0 heterocycles. The fourth-order valence-electron chi connectivity index (χ4n) is 1.15. The third-order valence-corrected chi connectivity index (χ3v) is 1.91. The predicted molar refractivity (Wildman–Crippen MR) is 72.0 cm³/mol. The fourth-order valence-corrected chi connectivity index (χ4v) is 1.15. The summed E-state index contributed by atoms with van der Waals surface area (Å²) in [7, 11) is 0. The minimum atomic E-state index is -1.18. The first-order chi connectivity index (χ1) is 9.49. The van der Waals surface area contributed by atoms with Gasteiger partial charge < -0.3 is 25.2 Å². The highest BCUT2D eigenvalue weighted by atomic mass is 16.4. The Bertz CT molecular complexity index is 518. The summed E-state index contributed by atoms with van der Waals surface area (Å²) >= 11 is 0. The number of rotatable bonds is 1. The number of hydrogen-bond donors (Lipinski definition) is 4. The van der Waals surface area contributed by atoms with Gasteiger partial charge in [0.2, 0.25) is 0 Å². The Morgan fingerprint density at radius 2 is 1.25 bits per heavy atom. The lowest BCUT2D eigenvalue weighted by atomic mass is 10.2. The van der Waals surface area contributed by atoms with Gasteiger partial charge in [-0.2, -0.15) is 0 Å². The van der Waals surface area contributed by atoms with Crippen molar-refractivity contribution in [3.8, 4) is 17.2 Å². The van der Waals surface area contributed by atoms with Gasteiger partial charge in [-0.15, -0.1) is 0 Å². The summed E-state index contributed by atoms with van der Waals surface area (Å²) in [5.41, 5.74) is -0.137. The second-order valence-electron chi connectivity index (χ2n) is 3.38. The fraction of sp³-hybridized carbons (Fsp3) is 0. The molecule has 2 rings (SSSR count). The van der Waals surface area contributed by atoms with Crippen molar-refractivity contribution in [2.24, 2.45) is 0 Å². The molecule has 0 unspecified atom stereocenters. The molecule has 0 aliphatic rings. The van der Waals surface area contributed by atoms with E-state index in [1.54, 1.807) is 24.3 Å². The molecule has 6 heteroatoms. The first-order valence-electron chi connectivity index (χ1n) is 5.28. The van der Waals surface area contributed by atoms with Crippen LogP contribution in [0.5, 0.6) is 17.2 Å². The van der Waals surface area contributed by atoms with Crippen molar-refractivity contribution in [2.75, 3.05) is 0 Å². The van der Waals surface area contributed by atoms with Crippen LogP contribution in [0.1, 0.15) is 10.4 Å². The van der Waals surface area contributed by atoms with Gasteiger partial charge in [0.15, 0.2) is 0 Å². The van der Waals surface area contributed by atoms with Crippen LogP contribution < -0.4 is 0 Å². The van der Waals surface area contributed by atoms with Crippen molar-refractivity contribution < 1.29 is 30.0 Å². The highest BCUT2D eigenvalue weighted by Gasteiger charge is 2.04. The van der Waals surface area contributed by atoms with Crippen molar-refractivity contribution in [3.63, 3.8) is 0 Å². The van der Waals surface area contributed by atoms with Crippen LogP contribution in [0.15, 0.2) is 48.5 Å². The van der Waals surface area contributed by atoms with Gasteiger partial charge in [-0.25, -0.2) is 4.79 Å². The number of carboxylic acid groups (broad SMARTS) is 1. The van der Waals surface area contributed by atoms with E-state index in [-0.39, 0.29) is 17.1 Å².